The Morgan fingerprint density at radius 3 is 2.21 bits per heavy atom. The van der Waals surface area contributed by atoms with Gasteiger partial charge in [0, 0.05) is 18.7 Å². The zero-order chi connectivity index (χ0) is 20.5. The van der Waals surface area contributed by atoms with Crippen LogP contribution in [0.25, 0.3) is 0 Å². The Kier molecular flexibility index (Phi) is 7.86. The first kappa shape index (κ1) is 21.3. The van der Waals surface area contributed by atoms with Gasteiger partial charge in [-0.2, -0.15) is 0 Å². The predicted molar refractivity (Wildman–Crippen MR) is 104 cm³/mol. The van der Waals surface area contributed by atoms with Gasteiger partial charge < -0.3 is 24.8 Å². The van der Waals surface area contributed by atoms with Gasteiger partial charge >= 0.3 is 0 Å². The monoisotopic (exact) mass is 393 g/mol. The summed E-state index contributed by atoms with van der Waals surface area (Å²) in [5, 5.41) is 6.07. The summed E-state index contributed by atoms with van der Waals surface area (Å²) in [5.74, 6) is 1.08. The molecule has 2 rings (SSSR count). The van der Waals surface area contributed by atoms with Crippen LogP contribution in [0.2, 0.25) is 0 Å². The minimum atomic E-state index is -0.488. The minimum Gasteiger partial charge on any atom is -0.493 e. The molecule has 0 saturated carbocycles. The van der Waals surface area contributed by atoms with Crippen molar-refractivity contribution in [3.8, 4) is 17.2 Å². The zero-order valence-corrected chi connectivity index (χ0v) is 16.4. The van der Waals surface area contributed by atoms with Crippen molar-refractivity contribution in [2.45, 2.75) is 20.0 Å². The lowest BCUT2D eigenvalue weighted by molar-refractivity contribution is 0.324. The van der Waals surface area contributed by atoms with Crippen molar-refractivity contribution in [2.24, 2.45) is 4.99 Å². The fraction of sp³-hybridized carbons (Fsp3) is 0.350. The Hall–Kier alpha value is -3.03. The molecule has 0 bridgehead atoms. The molecule has 0 heterocycles. The van der Waals surface area contributed by atoms with Crippen molar-refractivity contribution >= 4 is 5.96 Å². The highest BCUT2D eigenvalue weighted by Gasteiger charge is 2.13. The van der Waals surface area contributed by atoms with Crippen molar-refractivity contribution in [2.75, 3.05) is 27.9 Å². The molecule has 0 atom stereocenters. The second kappa shape index (κ2) is 10.3. The lowest BCUT2D eigenvalue weighted by atomic mass is 10.2. The lowest BCUT2D eigenvalue weighted by Crippen LogP contribution is -2.37. The number of nitrogens with one attached hydrogen (secondary N) is 2. The minimum absolute atomic E-state index is 0.102. The number of nitrogens with zero attached hydrogens (tertiary/aromatic N) is 1. The summed E-state index contributed by atoms with van der Waals surface area (Å²) in [7, 11) is 4.63. The number of aliphatic imine (C=N–C) groups is 1. The van der Waals surface area contributed by atoms with Crippen molar-refractivity contribution < 1.29 is 23.0 Å². The third kappa shape index (κ3) is 5.48. The molecule has 6 nitrogen and oxygen atoms in total. The normalized spacial score (nSPS) is 11.1. The van der Waals surface area contributed by atoms with Gasteiger partial charge in [-0.25, -0.2) is 13.8 Å². The van der Waals surface area contributed by atoms with Gasteiger partial charge in [0.1, 0.15) is 11.6 Å². The smallest absolute Gasteiger partial charge is 0.203 e. The van der Waals surface area contributed by atoms with Crippen LogP contribution in [-0.2, 0) is 13.1 Å². The topological polar surface area (TPSA) is 64.1 Å². The molecule has 2 aromatic carbocycles. The Labute approximate surface area is 163 Å². The average molecular weight is 393 g/mol. The Morgan fingerprint density at radius 1 is 0.964 bits per heavy atom. The molecule has 0 aromatic heterocycles. The van der Waals surface area contributed by atoms with E-state index < -0.39 is 11.6 Å². The molecule has 0 aliphatic heterocycles. The van der Waals surface area contributed by atoms with Crippen LogP contribution < -0.4 is 24.8 Å². The predicted octanol–water partition coefficient (Wildman–Crippen LogP) is 3.25. The Bertz CT molecular complexity index is 803. The van der Waals surface area contributed by atoms with Gasteiger partial charge in [0.2, 0.25) is 5.75 Å². The summed E-state index contributed by atoms with van der Waals surface area (Å²) < 4.78 is 43.1. The first-order chi connectivity index (χ1) is 13.5. The molecule has 0 aliphatic carbocycles. The van der Waals surface area contributed by atoms with Gasteiger partial charge in [-0.15, -0.1) is 0 Å². The van der Waals surface area contributed by atoms with Crippen LogP contribution in [0.5, 0.6) is 17.2 Å². The van der Waals surface area contributed by atoms with E-state index in [4.69, 9.17) is 14.2 Å². The van der Waals surface area contributed by atoms with Crippen molar-refractivity contribution in [1.29, 1.82) is 0 Å². The third-order valence-electron chi connectivity index (χ3n) is 3.94. The maximum absolute atomic E-state index is 13.8. The van der Waals surface area contributed by atoms with Crippen molar-refractivity contribution in [1.82, 2.24) is 10.6 Å². The van der Waals surface area contributed by atoms with Gasteiger partial charge in [0.25, 0.3) is 0 Å². The molecule has 0 saturated heterocycles. The first-order valence-corrected chi connectivity index (χ1v) is 8.77. The molecule has 0 unspecified atom stereocenters. The van der Waals surface area contributed by atoms with E-state index in [9.17, 15) is 8.78 Å². The Morgan fingerprint density at radius 2 is 1.64 bits per heavy atom. The number of hydrogen-bond acceptors (Lipinski definition) is 4. The molecule has 2 N–H and O–H groups in total. The third-order valence-corrected chi connectivity index (χ3v) is 3.94. The summed E-state index contributed by atoms with van der Waals surface area (Å²) in [5.41, 5.74) is 1.06. The van der Waals surface area contributed by atoms with E-state index in [1.54, 1.807) is 26.4 Å². The van der Waals surface area contributed by atoms with Gasteiger partial charge in [-0.3, -0.25) is 0 Å². The highest BCUT2D eigenvalue weighted by Crippen LogP contribution is 2.38. The van der Waals surface area contributed by atoms with E-state index >= 15 is 0 Å². The van der Waals surface area contributed by atoms with Crippen LogP contribution in [0, 0.1) is 11.6 Å². The van der Waals surface area contributed by atoms with E-state index in [1.165, 1.54) is 7.11 Å². The number of guanidine groups is 1. The number of ether oxygens (including phenoxy) is 3. The van der Waals surface area contributed by atoms with Crippen LogP contribution >= 0.6 is 0 Å². The molecule has 28 heavy (non-hydrogen) atoms. The van der Waals surface area contributed by atoms with E-state index in [0.29, 0.717) is 36.3 Å². The SMILES string of the molecule is CCNC(=NCc1cc(OC)c(OC)c(OC)c1)NCc1cc(F)ccc1F. The molecule has 0 spiro atoms. The Balaban J connectivity index is 2.17. The number of halogens is 2. The molecular formula is C20H25F2N3O3. The molecular weight excluding hydrogens is 368 g/mol. The quantitative estimate of drug-likeness (QED) is 0.533. The first-order valence-electron chi connectivity index (χ1n) is 8.77. The fourth-order valence-electron chi connectivity index (χ4n) is 2.60. The van der Waals surface area contributed by atoms with Crippen molar-refractivity contribution in [3.63, 3.8) is 0 Å². The van der Waals surface area contributed by atoms with Gasteiger partial charge in [-0.1, -0.05) is 0 Å². The van der Waals surface area contributed by atoms with Crippen LogP contribution in [0.15, 0.2) is 35.3 Å². The van der Waals surface area contributed by atoms with E-state index in [-0.39, 0.29) is 12.1 Å². The average Bonchev–Trinajstić information content (AvgIpc) is 2.71. The highest BCUT2D eigenvalue weighted by molar-refractivity contribution is 5.79. The number of benzene rings is 2. The summed E-state index contributed by atoms with van der Waals surface area (Å²) in [6.07, 6.45) is 0. The van der Waals surface area contributed by atoms with Crippen molar-refractivity contribution in [3.05, 3.63) is 53.1 Å². The van der Waals surface area contributed by atoms with Crippen LogP contribution in [0.3, 0.4) is 0 Å². The number of methoxy groups -OCH3 is 3. The summed E-state index contributed by atoms with van der Waals surface area (Å²) in [4.78, 5) is 4.48. The van der Waals surface area contributed by atoms with Gasteiger partial charge in [0.05, 0.1) is 27.9 Å². The second-order valence-electron chi connectivity index (χ2n) is 5.82. The zero-order valence-electron chi connectivity index (χ0n) is 16.4. The number of rotatable bonds is 8. The van der Waals surface area contributed by atoms with Crippen LogP contribution in [0.4, 0.5) is 8.78 Å². The van der Waals surface area contributed by atoms with Crippen LogP contribution in [-0.4, -0.2) is 33.8 Å². The standard InChI is InChI=1S/C20H25F2N3O3/c1-5-23-20(25-12-14-10-15(21)6-7-16(14)22)24-11-13-8-17(26-2)19(28-4)18(9-13)27-3/h6-10H,5,11-12H2,1-4H3,(H2,23,24,25). The summed E-state index contributed by atoms with van der Waals surface area (Å²) >= 11 is 0. The largest absolute Gasteiger partial charge is 0.493 e. The van der Waals surface area contributed by atoms with E-state index in [1.807, 2.05) is 6.92 Å². The summed E-state index contributed by atoms with van der Waals surface area (Å²) in [6.45, 7) is 2.95. The van der Waals surface area contributed by atoms with Crippen LogP contribution in [0.1, 0.15) is 18.1 Å². The van der Waals surface area contributed by atoms with Gasteiger partial charge in [0.15, 0.2) is 17.5 Å². The lowest BCUT2D eigenvalue weighted by Gasteiger charge is -2.14. The maximum atomic E-state index is 13.8. The highest BCUT2D eigenvalue weighted by atomic mass is 19.1. The summed E-state index contributed by atoms with van der Waals surface area (Å²) in [6, 6.07) is 6.96. The molecule has 2 aromatic rings. The second-order valence-corrected chi connectivity index (χ2v) is 5.82. The number of hydrogen-bond donors (Lipinski definition) is 2. The molecule has 152 valence electrons. The maximum Gasteiger partial charge on any atom is 0.203 e. The molecule has 0 radical (unpaired) electrons. The molecule has 8 heteroatoms. The molecule has 0 aliphatic rings. The van der Waals surface area contributed by atoms with Gasteiger partial charge in [-0.05, 0) is 42.8 Å². The molecule has 0 fully saturated rings. The van der Waals surface area contributed by atoms with E-state index in [0.717, 1.165) is 23.8 Å². The fourth-order valence-corrected chi connectivity index (χ4v) is 2.60. The molecule has 0 amide bonds. The van der Waals surface area contributed by atoms with E-state index in [2.05, 4.69) is 15.6 Å².